The Hall–Kier alpha value is -2.28. The third-order valence-corrected chi connectivity index (χ3v) is 2.56. The number of nitrogens with one attached hydrogen (secondary N) is 2. The predicted octanol–water partition coefficient (Wildman–Crippen LogP) is 1.33. The smallest absolute Gasteiger partial charge is 0.251 e. The summed E-state index contributed by atoms with van der Waals surface area (Å²) in [5.41, 5.74) is 0.525. The van der Waals surface area contributed by atoms with Gasteiger partial charge in [-0.3, -0.25) is 9.59 Å². The molecule has 0 fully saturated rings. The summed E-state index contributed by atoms with van der Waals surface area (Å²) >= 11 is 0. The molecule has 0 radical (unpaired) electrons. The molecule has 0 bridgehead atoms. The summed E-state index contributed by atoms with van der Waals surface area (Å²) in [7, 11) is 0. The second-order valence-corrected chi connectivity index (χ2v) is 4.12. The van der Waals surface area contributed by atoms with Crippen molar-refractivity contribution in [2.45, 2.75) is 25.8 Å². The van der Waals surface area contributed by atoms with Gasteiger partial charge in [0, 0.05) is 5.56 Å². The SMILES string of the molecule is C#C[C@H](CCC)NC(=O)CNC(=O)c1ccccc1. The fourth-order valence-electron chi connectivity index (χ4n) is 1.58. The molecule has 19 heavy (non-hydrogen) atoms. The Bertz CT molecular complexity index is 463. The van der Waals surface area contributed by atoms with Crippen LogP contribution in [0.15, 0.2) is 30.3 Å². The van der Waals surface area contributed by atoms with Gasteiger partial charge in [-0.2, -0.15) is 0 Å². The standard InChI is InChI=1S/C15H18N2O2/c1-3-8-13(4-2)17-14(18)11-16-15(19)12-9-6-5-7-10-12/h2,5-7,9-10,13H,3,8,11H2,1H3,(H,16,19)(H,17,18)/t13-/m1/s1. The third kappa shape index (κ3) is 5.26. The van der Waals surface area contributed by atoms with Gasteiger partial charge in [-0.05, 0) is 18.6 Å². The van der Waals surface area contributed by atoms with E-state index >= 15 is 0 Å². The maximum atomic E-state index is 11.7. The van der Waals surface area contributed by atoms with E-state index in [9.17, 15) is 9.59 Å². The fourth-order valence-corrected chi connectivity index (χ4v) is 1.58. The minimum absolute atomic E-state index is 0.0738. The van der Waals surface area contributed by atoms with Crippen LogP contribution < -0.4 is 10.6 Å². The van der Waals surface area contributed by atoms with Gasteiger partial charge >= 0.3 is 0 Å². The summed E-state index contributed by atoms with van der Waals surface area (Å²) in [6.07, 6.45) is 6.93. The van der Waals surface area contributed by atoms with Crippen molar-refractivity contribution in [1.29, 1.82) is 0 Å². The Balaban J connectivity index is 2.38. The minimum atomic E-state index is -0.277. The van der Waals surface area contributed by atoms with Crippen LogP contribution in [0.3, 0.4) is 0 Å². The van der Waals surface area contributed by atoms with Crippen molar-refractivity contribution in [1.82, 2.24) is 10.6 Å². The van der Waals surface area contributed by atoms with Gasteiger partial charge in [0.25, 0.3) is 5.91 Å². The lowest BCUT2D eigenvalue weighted by Crippen LogP contribution is -2.41. The molecule has 2 amide bonds. The lowest BCUT2D eigenvalue weighted by atomic mass is 10.2. The van der Waals surface area contributed by atoms with E-state index in [1.807, 2.05) is 13.0 Å². The van der Waals surface area contributed by atoms with Crippen molar-refractivity contribution in [3.05, 3.63) is 35.9 Å². The molecule has 1 aromatic rings. The van der Waals surface area contributed by atoms with Crippen LogP contribution in [-0.2, 0) is 4.79 Å². The number of rotatable bonds is 6. The second kappa shape index (κ2) is 7.93. The molecule has 4 heteroatoms. The molecule has 0 heterocycles. The molecule has 0 unspecified atom stereocenters. The first-order valence-electron chi connectivity index (χ1n) is 6.26. The van der Waals surface area contributed by atoms with Crippen LogP contribution >= 0.6 is 0 Å². The lowest BCUT2D eigenvalue weighted by Gasteiger charge is -2.12. The maximum Gasteiger partial charge on any atom is 0.251 e. The Labute approximate surface area is 113 Å². The van der Waals surface area contributed by atoms with E-state index in [2.05, 4.69) is 16.6 Å². The molecule has 100 valence electrons. The Morgan fingerprint density at radius 3 is 2.58 bits per heavy atom. The number of hydrogen-bond acceptors (Lipinski definition) is 2. The van der Waals surface area contributed by atoms with Crippen molar-refractivity contribution in [3.63, 3.8) is 0 Å². The molecule has 0 aliphatic carbocycles. The van der Waals surface area contributed by atoms with Gasteiger partial charge in [0.05, 0.1) is 12.6 Å². The highest BCUT2D eigenvalue weighted by molar-refractivity contribution is 5.96. The third-order valence-electron chi connectivity index (χ3n) is 2.56. The molecule has 4 nitrogen and oxygen atoms in total. The van der Waals surface area contributed by atoms with E-state index in [1.165, 1.54) is 0 Å². The van der Waals surface area contributed by atoms with E-state index in [1.54, 1.807) is 24.3 Å². The number of carbonyl (C=O) groups excluding carboxylic acids is 2. The molecule has 1 aromatic carbocycles. The number of amides is 2. The largest absolute Gasteiger partial charge is 0.343 e. The van der Waals surface area contributed by atoms with Crippen LogP contribution in [0.1, 0.15) is 30.1 Å². The second-order valence-electron chi connectivity index (χ2n) is 4.12. The fraction of sp³-hybridized carbons (Fsp3) is 0.333. The Morgan fingerprint density at radius 2 is 2.00 bits per heavy atom. The van der Waals surface area contributed by atoms with Crippen LogP contribution in [0.5, 0.6) is 0 Å². The highest BCUT2D eigenvalue weighted by Gasteiger charge is 2.10. The molecule has 0 saturated carbocycles. The number of carbonyl (C=O) groups is 2. The van der Waals surface area contributed by atoms with Gasteiger partial charge in [0.2, 0.25) is 5.91 Å². The van der Waals surface area contributed by atoms with Crippen LogP contribution in [-0.4, -0.2) is 24.4 Å². The number of terminal acetylenes is 1. The highest BCUT2D eigenvalue weighted by atomic mass is 16.2. The van der Waals surface area contributed by atoms with Crippen molar-refractivity contribution >= 4 is 11.8 Å². The minimum Gasteiger partial charge on any atom is -0.343 e. The first-order chi connectivity index (χ1) is 9.17. The monoisotopic (exact) mass is 258 g/mol. The first kappa shape index (κ1) is 14.8. The quantitative estimate of drug-likeness (QED) is 0.756. The number of benzene rings is 1. The van der Waals surface area contributed by atoms with Crippen LogP contribution in [0.4, 0.5) is 0 Å². The van der Waals surface area contributed by atoms with E-state index in [0.29, 0.717) is 5.56 Å². The summed E-state index contributed by atoms with van der Waals surface area (Å²) in [5.74, 6) is 1.96. The summed E-state index contributed by atoms with van der Waals surface area (Å²) < 4.78 is 0. The molecule has 0 aliphatic rings. The topological polar surface area (TPSA) is 58.2 Å². The van der Waals surface area contributed by atoms with Gasteiger partial charge in [0.1, 0.15) is 0 Å². The van der Waals surface area contributed by atoms with E-state index in [0.717, 1.165) is 12.8 Å². The maximum absolute atomic E-state index is 11.7. The molecule has 1 atom stereocenters. The zero-order chi connectivity index (χ0) is 14.1. The molecular weight excluding hydrogens is 240 g/mol. The highest BCUT2D eigenvalue weighted by Crippen LogP contribution is 1.97. The molecule has 0 aromatic heterocycles. The van der Waals surface area contributed by atoms with Crippen molar-refractivity contribution in [2.24, 2.45) is 0 Å². The normalized spacial score (nSPS) is 11.2. The molecule has 0 aliphatic heterocycles. The summed E-state index contributed by atoms with van der Waals surface area (Å²) in [6.45, 7) is 1.92. The van der Waals surface area contributed by atoms with Crippen molar-refractivity contribution in [2.75, 3.05) is 6.54 Å². The van der Waals surface area contributed by atoms with Crippen LogP contribution in [0.2, 0.25) is 0 Å². The molecule has 1 rings (SSSR count). The lowest BCUT2D eigenvalue weighted by molar-refractivity contribution is -0.120. The molecule has 0 saturated heterocycles. The summed E-state index contributed by atoms with van der Waals surface area (Å²) in [5, 5.41) is 5.24. The molecule has 2 N–H and O–H groups in total. The first-order valence-corrected chi connectivity index (χ1v) is 6.26. The Morgan fingerprint density at radius 1 is 1.32 bits per heavy atom. The molecular formula is C15H18N2O2. The van der Waals surface area contributed by atoms with E-state index in [-0.39, 0.29) is 24.4 Å². The molecule has 0 spiro atoms. The van der Waals surface area contributed by atoms with E-state index < -0.39 is 0 Å². The average Bonchev–Trinajstić information content (AvgIpc) is 2.45. The predicted molar refractivity (Wildman–Crippen MR) is 74.4 cm³/mol. The van der Waals surface area contributed by atoms with Crippen molar-refractivity contribution in [3.8, 4) is 12.3 Å². The Kier molecular flexibility index (Phi) is 6.17. The van der Waals surface area contributed by atoms with Crippen LogP contribution in [0, 0.1) is 12.3 Å². The van der Waals surface area contributed by atoms with Gasteiger partial charge in [-0.15, -0.1) is 6.42 Å². The average molecular weight is 258 g/mol. The van der Waals surface area contributed by atoms with Crippen LogP contribution in [0.25, 0.3) is 0 Å². The zero-order valence-corrected chi connectivity index (χ0v) is 11.0. The summed E-state index contributed by atoms with van der Waals surface area (Å²) in [6, 6.07) is 8.47. The van der Waals surface area contributed by atoms with Gasteiger partial charge in [0.15, 0.2) is 0 Å². The van der Waals surface area contributed by atoms with E-state index in [4.69, 9.17) is 6.42 Å². The zero-order valence-electron chi connectivity index (χ0n) is 11.0. The van der Waals surface area contributed by atoms with Gasteiger partial charge in [-0.1, -0.05) is 37.5 Å². The number of hydrogen-bond donors (Lipinski definition) is 2. The van der Waals surface area contributed by atoms with Gasteiger partial charge in [-0.25, -0.2) is 0 Å². The summed E-state index contributed by atoms with van der Waals surface area (Å²) in [4.78, 5) is 23.3. The van der Waals surface area contributed by atoms with Crippen molar-refractivity contribution < 1.29 is 9.59 Å². The van der Waals surface area contributed by atoms with Gasteiger partial charge < -0.3 is 10.6 Å².